The Kier molecular flexibility index (Phi) is 3.52. The standard InChI is InChI=1S/C10H12F3N/c1-6-4-7(2-3-8(6)11)9(14)5-10(12)13/h2-4,9-10H,5,14H2,1H3/t9-/m1/s1. The average molecular weight is 203 g/mol. The van der Waals surface area contributed by atoms with Crippen LogP contribution in [-0.4, -0.2) is 6.43 Å². The van der Waals surface area contributed by atoms with Gasteiger partial charge in [-0.25, -0.2) is 13.2 Å². The number of benzene rings is 1. The van der Waals surface area contributed by atoms with E-state index < -0.39 is 18.9 Å². The van der Waals surface area contributed by atoms with Gasteiger partial charge in [0.05, 0.1) is 0 Å². The van der Waals surface area contributed by atoms with Crippen molar-refractivity contribution < 1.29 is 13.2 Å². The fraction of sp³-hybridized carbons (Fsp3) is 0.400. The normalized spacial score (nSPS) is 13.3. The Morgan fingerprint density at radius 3 is 2.50 bits per heavy atom. The molecule has 14 heavy (non-hydrogen) atoms. The fourth-order valence-electron chi connectivity index (χ4n) is 1.23. The van der Waals surface area contributed by atoms with Crippen molar-refractivity contribution in [1.82, 2.24) is 0 Å². The summed E-state index contributed by atoms with van der Waals surface area (Å²) in [7, 11) is 0. The molecule has 0 aliphatic carbocycles. The zero-order valence-corrected chi connectivity index (χ0v) is 7.81. The molecule has 0 unspecified atom stereocenters. The topological polar surface area (TPSA) is 26.0 Å². The zero-order valence-electron chi connectivity index (χ0n) is 7.81. The summed E-state index contributed by atoms with van der Waals surface area (Å²) in [5.41, 5.74) is 6.48. The molecule has 0 aliphatic rings. The van der Waals surface area contributed by atoms with Gasteiger partial charge in [-0.3, -0.25) is 0 Å². The van der Waals surface area contributed by atoms with Gasteiger partial charge in [0.25, 0.3) is 0 Å². The Labute approximate surface area is 80.7 Å². The maximum Gasteiger partial charge on any atom is 0.240 e. The van der Waals surface area contributed by atoms with Gasteiger partial charge >= 0.3 is 0 Å². The lowest BCUT2D eigenvalue weighted by atomic mass is 10.0. The van der Waals surface area contributed by atoms with E-state index in [-0.39, 0.29) is 5.82 Å². The van der Waals surface area contributed by atoms with Gasteiger partial charge in [-0.05, 0) is 24.1 Å². The first-order valence-corrected chi connectivity index (χ1v) is 4.30. The average Bonchev–Trinajstić information content (AvgIpc) is 2.08. The lowest BCUT2D eigenvalue weighted by Gasteiger charge is -2.12. The first kappa shape index (κ1) is 11.0. The third-order valence-corrected chi connectivity index (χ3v) is 2.04. The van der Waals surface area contributed by atoms with Crippen LogP contribution >= 0.6 is 0 Å². The molecule has 0 heterocycles. The lowest BCUT2D eigenvalue weighted by molar-refractivity contribution is 0.128. The summed E-state index contributed by atoms with van der Waals surface area (Å²) in [6, 6.07) is 3.46. The van der Waals surface area contributed by atoms with Crippen LogP contribution in [0.15, 0.2) is 18.2 Å². The number of hydrogen-bond donors (Lipinski definition) is 1. The SMILES string of the molecule is Cc1cc([C@H](N)CC(F)F)ccc1F. The van der Waals surface area contributed by atoms with Gasteiger partial charge in [-0.15, -0.1) is 0 Å². The van der Waals surface area contributed by atoms with Crippen LogP contribution in [0.3, 0.4) is 0 Å². The Balaban J connectivity index is 2.80. The van der Waals surface area contributed by atoms with E-state index in [4.69, 9.17) is 5.73 Å². The van der Waals surface area contributed by atoms with Gasteiger partial charge in [0.1, 0.15) is 5.82 Å². The van der Waals surface area contributed by atoms with Crippen LogP contribution in [0.5, 0.6) is 0 Å². The number of aryl methyl sites for hydroxylation is 1. The molecule has 2 N–H and O–H groups in total. The maximum absolute atomic E-state index is 12.8. The van der Waals surface area contributed by atoms with Crippen molar-refractivity contribution in [2.75, 3.05) is 0 Å². The molecule has 1 aromatic carbocycles. The predicted octanol–water partition coefficient (Wildman–Crippen LogP) is 2.79. The molecule has 0 saturated heterocycles. The lowest BCUT2D eigenvalue weighted by Crippen LogP contribution is -2.14. The van der Waals surface area contributed by atoms with Crippen molar-refractivity contribution in [2.45, 2.75) is 25.8 Å². The zero-order chi connectivity index (χ0) is 10.7. The van der Waals surface area contributed by atoms with Crippen molar-refractivity contribution in [3.8, 4) is 0 Å². The predicted molar refractivity (Wildman–Crippen MR) is 48.7 cm³/mol. The van der Waals surface area contributed by atoms with Crippen LogP contribution in [-0.2, 0) is 0 Å². The quantitative estimate of drug-likeness (QED) is 0.803. The summed E-state index contributed by atoms with van der Waals surface area (Å²) in [6.45, 7) is 1.58. The molecule has 1 nitrogen and oxygen atoms in total. The van der Waals surface area contributed by atoms with Crippen molar-refractivity contribution in [3.05, 3.63) is 35.1 Å². The van der Waals surface area contributed by atoms with Gasteiger partial charge in [0, 0.05) is 12.5 Å². The Bertz CT molecular complexity index is 312. The van der Waals surface area contributed by atoms with E-state index in [9.17, 15) is 13.2 Å². The smallest absolute Gasteiger partial charge is 0.240 e. The first-order valence-electron chi connectivity index (χ1n) is 4.30. The number of hydrogen-bond acceptors (Lipinski definition) is 1. The molecule has 0 amide bonds. The Morgan fingerprint density at radius 2 is 2.00 bits per heavy atom. The summed E-state index contributed by atoms with van der Waals surface area (Å²) in [6.07, 6.45) is -2.83. The molecule has 0 bridgehead atoms. The molecule has 0 aliphatic heterocycles. The second kappa shape index (κ2) is 4.46. The molecular formula is C10H12F3N. The van der Waals surface area contributed by atoms with E-state index in [1.165, 1.54) is 18.2 Å². The van der Waals surface area contributed by atoms with E-state index in [0.717, 1.165) is 0 Å². The Hall–Kier alpha value is -1.03. The van der Waals surface area contributed by atoms with E-state index in [0.29, 0.717) is 11.1 Å². The number of alkyl halides is 2. The van der Waals surface area contributed by atoms with E-state index in [2.05, 4.69) is 0 Å². The third kappa shape index (κ3) is 2.73. The minimum absolute atomic E-state index is 0.349. The molecule has 0 fully saturated rings. The third-order valence-electron chi connectivity index (χ3n) is 2.04. The summed E-state index contributed by atoms with van der Waals surface area (Å²) >= 11 is 0. The highest BCUT2D eigenvalue weighted by Crippen LogP contribution is 2.20. The van der Waals surface area contributed by atoms with Crippen molar-refractivity contribution >= 4 is 0 Å². The molecule has 0 radical (unpaired) electrons. The van der Waals surface area contributed by atoms with E-state index >= 15 is 0 Å². The van der Waals surface area contributed by atoms with Gasteiger partial charge in [0.2, 0.25) is 6.43 Å². The minimum atomic E-state index is -2.43. The van der Waals surface area contributed by atoms with Crippen LogP contribution in [0.2, 0.25) is 0 Å². The molecule has 0 aromatic heterocycles. The van der Waals surface area contributed by atoms with Crippen LogP contribution in [0.25, 0.3) is 0 Å². The number of nitrogens with two attached hydrogens (primary N) is 1. The summed E-state index contributed by atoms with van der Waals surface area (Å²) in [4.78, 5) is 0. The molecule has 1 atom stereocenters. The van der Waals surface area contributed by atoms with Gasteiger partial charge in [-0.1, -0.05) is 12.1 Å². The summed E-state index contributed by atoms with van der Waals surface area (Å²) < 4.78 is 36.8. The summed E-state index contributed by atoms with van der Waals surface area (Å²) in [5, 5.41) is 0. The number of halogens is 3. The van der Waals surface area contributed by atoms with Crippen molar-refractivity contribution in [1.29, 1.82) is 0 Å². The van der Waals surface area contributed by atoms with Gasteiger partial charge in [0.15, 0.2) is 0 Å². The minimum Gasteiger partial charge on any atom is -0.324 e. The molecule has 0 saturated carbocycles. The van der Waals surface area contributed by atoms with Crippen LogP contribution < -0.4 is 5.73 Å². The summed E-state index contributed by atoms with van der Waals surface area (Å²) in [5.74, 6) is -0.349. The highest BCUT2D eigenvalue weighted by molar-refractivity contribution is 5.26. The largest absolute Gasteiger partial charge is 0.324 e. The second-order valence-electron chi connectivity index (χ2n) is 3.24. The van der Waals surface area contributed by atoms with E-state index in [1.807, 2.05) is 0 Å². The second-order valence-corrected chi connectivity index (χ2v) is 3.24. The van der Waals surface area contributed by atoms with Crippen LogP contribution in [0.4, 0.5) is 13.2 Å². The maximum atomic E-state index is 12.8. The van der Waals surface area contributed by atoms with Crippen LogP contribution in [0, 0.1) is 12.7 Å². The Morgan fingerprint density at radius 1 is 1.36 bits per heavy atom. The van der Waals surface area contributed by atoms with Crippen molar-refractivity contribution in [2.24, 2.45) is 5.73 Å². The molecule has 0 spiro atoms. The van der Waals surface area contributed by atoms with Crippen LogP contribution in [0.1, 0.15) is 23.6 Å². The fourth-order valence-corrected chi connectivity index (χ4v) is 1.23. The number of rotatable bonds is 3. The molecule has 4 heteroatoms. The van der Waals surface area contributed by atoms with Crippen molar-refractivity contribution in [3.63, 3.8) is 0 Å². The molecule has 78 valence electrons. The molecule has 1 aromatic rings. The van der Waals surface area contributed by atoms with Gasteiger partial charge < -0.3 is 5.73 Å². The highest BCUT2D eigenvalue weighted by Gasteiger charge is 2.13. The van der Waals surface area contributed by atoms with E-state index in [1.54, 1.807) is 6.92 Å². The highest BCUT2D eigenvalue weighted by atomic mass is 19.3. The van der Waals surface area contributed by atoms with Gasteiger partial charge in [-0.2, -0.15) is 0 Å². The first-order chi connectivity index (χ1) is 6.50. The molecular weight excluding hydrogens is 191 g/mol. The molecule has 1 rings (SSSR count). The monoisotopic (exact) mass is 203 g/mol.